The molecule has 3 aromatic carbocycles. The molecule has 1 aliphatic rings. The average molecular weight is 606 g/mol. The third-order valence-electron chi connectivity index (χ3n) is 7.03. The van der Waals surface area contributed by atoms with Gasteiger partial charge in [0.2, 0.25) is 0 Å². The van der Waals surface area contributed by atoms with Gasteiger partial charge in [-0.15, -0.1) is 0 Å². The Bertz CT molecular complexity index is 1480. The lowest BCUT2D eigenvalue weighted by molar-refractivity contribution is -0.155. The van der Waals surface area contributed by atoms with Gasteiger partial charge in [0.25, 0.3) is 0 Å². The fraction of sp³-hybridized carbons (Fsp3) is 0.353. The highest BCUT2D eigenvalue weighted by atomic mass is 19.1. The van der Waals surface area contributed by atoms with E-state index in [1.807, 2.05) is 6.07 Å². The number of amidine groups is 1. The molecule has 0 spiro atoms. The number of hydrogen-bond acceptors (Lipinski definition) is 6. The first-order valence-electron chi connectivity index (χ1n) is 14.6. The smallest absolute Gasteiger partial charge is 0.411 e. The molecule has 0 bridgehead atoms. The zero-order valence-electron chi connectivity index (χ0n) is 25.1. The monoisotopic (exact) mass is 605 g/mol. The average Bonchev–Trinajstić information content (AvgIpc) is 3.46. The lowest BCUT2D eigenvalue weighted by Gasteiger charge is -2.33. The summed E-state index contributed by atoms with van der Waals surface area (Å²) in [5.74, 6) is -3.15. The normalized spacial score (nSPS) is 14.0. The van der Waals surface area contributed by atoms with E-state index in [0.717, 1.165) is 37.8 Å². The first-order chi connectivity index (χ1) is 20.9. The molecule has 0 aromatic heterocycles. The van der Waals surface area contributed by atoms with Crippen molar-refractivity contribution in [3.63, 3.8) is 0 Å². The van der Waals surface area contributed by atoms with E-state index in [0.29, 0.717) is 22.9 Å². The number of amides is 1. The van der Waals surface area contributed by atoms with Crippen LogP contribution in [0.1, 0.15) is 80.4 Å². The van der Waals surface area contributed by atoms with Crippen molar-refractivity contribution in [3.05, 3.63) is 101 Å². The maximum absolute atomic E-state index is 14.0. The van der Waals surface area contributed by atoms with Crippen molar-refractivity contribution >= 4 is 29.4 Å². The van der Waals surface area contributed by atoms with Crippen LogP contribution in [-0.2, 0) is 20.8 Å². The Morgan fingerprint density at radius 1 is 0.977 bits per heavy atom. The highest BCUT2D eigenvalue weighted by molar-refractivity contribution is 6.12. The van der Waals surface area contributed by atoms with Crippen LogP contribution in [0.15, 0.2) is 72.8 Å². The molecular weight excluding hydrogens is 568 g/mol. The fourth-order valence-corrected chi connectivity index (χ4v) is 4.98. The lowest BCUT2D eigenvalue weighted by Crippen LogP contribution is -2.43. The molecule has 1 saturated carbocycles. The molecular formula is C34H37F2N3O5. The highest BCUT2D eigenvalue weighted by Gasteiger charge is 2.37. The zero-order chi connectivity index (χ0) is 31.9. The third-order valence-corrected chi connectivity index (χ3v) is 7.03. The highest BCUT2D eigenvalue weighted by Crippen LogP contribution is 2.30. The molecule has 2 N–H and O–H groups in total. The number of nitrogens with zero attached hydrogens (tertiary/aromatic N) is 1. The van der Waals surface area contributed by atoms with E-state index in [1.54, 1.807) is 69.3 Å². The predicted octanol–water partition coefficient (Wildman–Crippen LogP) is 7.59. The molecule has 0 radical (unpaired) electrons. The number of ketones is 1. The summed E-state index contributed by atoms with van der Waals surface area (Å²) in [6, 6.07) is 17.4. The maximum atomic E-state index is 14.0. The second-order valence-corrected chi connectivity index (χ2v) is 11.8. The Morgan fingerprint density at radius 2 is 1.64 bits per heavy atom. The van der Waals surface area contributed by atoms with E-state index >= 15 is 0 Å². The van der Waals surface area contributed by atoms with Crippen LogP contribution < -0.4 is 5.32 Å². The van der Waals surface area contributed by atoms with E-state index in [1.165, 1.54) is 4.90 Å². The van der Waals surface area contributed by atoms with Crippen LogP contribution in [0.25, 0.3) is 0 Å². The first-order valence-corrected chi connectivity index (χ1v) is 14.6. The quantitative estimate of drug-likeness (QED) is 0.107. The molecule has 10 heteroatoms. The Morgan fingerprint density at radius 3 is 2.25 bits per heavy atom. The topological polar surface area (TPSA) is 109 Å². The SMILES string of the molecule is CC(C)(C)OC(=O)N(Cc1ccc(NC(=N)CC(=O)c2ccc(F)cc2F)cc1)C(C(=O)OC1CCCC1)c1ccccc1. The predicted molar refractivity (Wildman–Crippen MR) is 162 cm³/mol. The number of rotatable bonds is 10. The lowest BCUT2D eigenvalue weighted by atomic mass is 10.0. The van der Waals surface area contributed by atoms with Crippen molar-refractivity contribution in [2.75, 3.05) is 5.32 Å². The largest absolute Gasteiger partial charge is 0.461 e. The molecule has 1 aliphatic carbocycles. The molecule has 4 rings (SSSR count). The summed E-state index contributed by atoms with van der Waals surface area (Å²) in [5.41, 5.74) is 0.640. The van der Waals surface area contributed by atoms with Crippen LogP contribution in [0.3, 0.4) is 0 Å². The van der Waals surface area contributed by atoms with Crippen molar-refractivity contribution in [2.24, 2.45) is 0 Å². The Hall–Kier alpha value is -4.60. The molecule has 8 nitrogen and oxygen atoms in total. The van der Waals surface area contributed by atoms with Gasteiger partial charge in [-0.2, -0.15) is 0 Å². The van der Waals surface area contributed by atoms with Crippen LogP contribution in [-0.4, -0.2) is 40.3 Å². The van der Waals surface area contributed by atoms with Gasteiger partial charge in [0.05, 0.1) is 18.5 Å². The van der Waals surface area contributed by atoms with E-state index in [-0.39, 0.29) is 24.0 Å². The van der Waals surface area contributed by atoms with Crippen molar-refractivity contribution in [1.82, 2.24) is 4.90 Å². The Labute approximate surface area is 255 Å². The Balaban J connectivity index is 1.52. The fourth-order valence-electron chi connectivity index (χ4n) is 4.98. The number of carbonyl (C=O) groups excluding carboxylic acids is 3. The summed E-state index contributed by atoms with van der Waals surface area (Å²) in [6.07, 6.45) is 2.25. The molecule has 232 valence electrons. The number of nitrogens with one attached hydrogen (secondary N) is 2. The van der Waals surface area contributed by atoms with Crippen LogP contribution in [0.5, 0.6) is 0 Å². The van der Waals surface area contributed by atoms with E-state index in [2.05, 4.69) is 5.32 Å². The summed E-state index contributed by atoms with van der Waals surface area (Å²) in [4.78, 5) is 41.0. The van der Waals surface area contributed by atoms with Gasteiger partial charge in [-0.1, -0.05) is 42.5 Å². The number of anilines is 1. The summed E-state index contributed by atoms with van der Waals surface area (Å²) in [7, 11) is 0. The molecule has 1 unspecified atom stereocenters. The number of benzene rings is 3. The van der Waals surface area contributed by atoms with Crippen LogP contribution in [0.4, 0.5) is 19.3 Å². The molecule has 0 heterocycles. The van der Waals surface area contributed by atoms with Gasteiger partial charge in [0.1, 0.15) is 29.2 Å². The summed E-state index contributed by atoms with van der Waals surface area (Å²) >= 11 is 0. The summed E-state index contributed by atoms with van der Waals surface area (Å²) < 4.78 is 38.8. The minimum Gasteiger partial charge on any atom is -0.461 e. The van der Waals surface area contributed by atoms with Crippen molar-refractivity contribution in [3.8, 4) is 0 Å². The number of hydrogen-bond donors (Lipinski definition) is 2. The Kier molecular flexibility index (Phi) is 10.5. The molecule has 0 saturated heterocycles. The van der Waals surface area contributed by atoms with Gasteiger partial charge >= 0.3 is 12.1 Å². The van der Waals surface area contributed by atoms with Crippen LogP contribution in [0.2, 0.25) is 0 Å². The number of esters is 1. The number of Topliss-reactive ketones (excluding diaryl/α,β-unsaturated/α-hetero) is 1. The van der Waals surface area contributed by atoms with E-state index < -0.39 is 47.5 Å². The second kappa shape index (κ2) is 14.2. The van der Waals surface area contributed by atoms with Gasteiger partial charge in [-0.05, 0) is 81.8 Å². The molecule has 1 fully saturated rings. The van der Waals surface area contributed by atoms with E-state index in [4.69, 9.17) is 14.9 Å². The maximum Gasteiger partial charge on any atom is 0.411 e. The van der Waals surface area contributed by atoms with Crippen molar-refractivity contribution in [2.45, 2.75) is 77.2 Å². The molecule has 0 aliphatic heterocycles. The summed E-state index contributed by atoms with van der Waals surface area (Å²) in [6.45, 7) is 5.28. The molecule has 1 amide bonds. The molecule has 44 heavy (non-hydrogen) atoms. The van der Waals surface area contributed by atoms with Gasteiger partial charge < -0.3 is 14.8 Å². The third kappa shape index (κ3) is 8.95. The van der Waals surface area contributed by atoms with Crippen LogP contribution >= 0.6 is 0 Å². The first kappa shape index (κ1) is 32.3. The minimum absolute atomic E-state index is 0.0221. The van der Waals surface area contributed by atoms with Crippen molar-refractivity contribution in [1.29, 1.82) is 5.41 Å². The molecule has 1 atom stereocenters. The van der Waals surface area contributed by atoms with Crippen LogP contribution in [0, 0.1) is 17.0 Å². The second-order valence-electron chi connectivity index (χ2n) is 11.8. The standard InChI is InChI=1S/C34H37F2N3O5/c1-34(2,3)44-33(42)39(31(23-9-5-4-6-10-23)32(41)43-26-11-7-8-12-26)21-22-13-16-25(17-14-22)38-30(37)20-29(40)27-18-15-24(35)19-28(27)36/h4-6,9-10,13-19,26,31H,7-8,11-12,20-21H2,1-3H3,(H2,37,38). The van der Waals surface area contributed by atoms with Gasteiger partial charge in [-0.3, -0.25) is 15.1 Å². The van der Waals surface area contributed by atoms with E-state index in [9.17, 15) is 23.2 Å². The number of carbonyl (C=O) groups is 3. The van der Waals surface area contributed by atoms with Crippen molar-refractivity contribution < 1.29 is 32.6 Å². The minimum atomic E-state index is -1.05. The molecule has 3 aromatic rings. The van der Waals surface area contributed by atoms with Gasteiger partial charge in [0.15, 0.2) is 11.8 Å². The number of ether oxygens (including phenoxy) is 2. The van der Waals surface area contributed by atoms with Gasteiger partial charge in [-0.25, -0.2) is 18.4 Å². The zero-order valence-corrected chi connectivity index (χ0v) is 25.1. The van der Waals surface area contributed by atoms with Gasteiger partial charge in [0, 0.05) is 11.8 Å². The number of halogens is 2. The summed E-state index contributed by atoms with van der Waals surface area (Å²) in [5, 5.41) is 11.0.